The lowest BCUT2D eigenvalue weighted by Crippen LogP contribution is -2.37. The summed E-state index contributed by atoms with van der Waals surface area (Å²) in [6.45, 7) is 0.208. The molecule has 0 saturated carbocycles. The summed E-state index contributed by atoms with van der Waals surface area (Å²) >= 11 is 10.6. The maximum Gasteiger partial charge on any atom is 0.306 e. The fraction of sp³-hybridized carbons (Fsp3) is 0.176. The van der Waals surface area contributed by atoms with E-state index in [4.69, 9.17) is 31.6 Å². The summed E-state index contributed by atoms with van der Waals surface area (Å²) < 4.78 is 25.3. The van der Waals surface area contributed by atoms with Crippen molar-refractivity contribution < 1.29 is 12.6 Å². The van der Waals surface area contributed by atoms with Crippen LogP contribution in [0.15, 0.2) is 61.2 Å². The lowest BCUT2D eigenvalue weighted by atomic mass is 9.84. The maximum absolute atomic E-state index is 12.3. The van der Waals surface area contributed by atoms with Crippen molar-refractivity contribution in [3.63, 3.8) is 0 Å². The number of rotatable bonds is 4. The van der Waals surface area contributed by atoms with Crippen LogP contribution in [0.2, 0.25) is 10.0 Å². The molecule has 1 aliphatic heterocycles. The Kier molecular flexibility index (Phi) is 4.81. The van der Waals surface area contributed by atoms with Crippen LogP contribution in [-0.2, 0) is 31.9 Å². The van der Waals surface area contributed by atoms with Crippen LogP contribution in [0.1, 0.15) is 17.2 Å². The molecule has 4 rings (SSSR count). The van der Waals surface area contributed by atoms with Gasteiger partial charge in [-0.1, -0.05) is 59.6 Å². The average molecular weight is 410 g/mol. The van der Waals surface area contributed by atoms with Gasteiger partial charge in [-0.15, -0.1) is 0 Å². The Morgan fingerprint density at radius 3 is 2.69 bits per heavy atom. The second-order valence-corrected chi connectivity index (χ2v) is 7.39. The van der Waals surface area contributed by atoms with Crippen LogP contribution in [0.25, 0.3) is 0 Å². The molecule has 2 aromatic carbocycles. The van der Waals surface area contributed by atoms with E-state index in [2.05, 4.69) is 10.1 Å². The normalized spacial score (nSPS) is 25.5. The summed E-state index contributed by atoms with van der Waals surface area (Å²) in [4.78, 5) is 3.97. The van der Waals surface area contributed by atoms with E-state index in [-0.39, 0.29) is 6.54 Å². The van der Waals surface area contributed by atoms with Crippen molar-refractivity contribution >= 4 is 34.6 Å². The molecule has 6 nitrogen and oxygen atoms in total. The van der Waals surface area contributed by atoms with Gasteiger partial charge in [0.25, 0.3) is 0 Å². The summed E-state index contributed by atoms with van der Waals surface area (Å²) in [6.07, 6.45) is 2.31. The highest BCUT2D eigenvalue weighted by atomic mass is 35.5. The average Bonchev–Trinajstić information content (AvgIpc) is 3.24. The van der Waals surface area contributed by atoms with Crippen LogP contribution in [0.3, 0.4) is 0 Å². The first-order valence-electron chi connectivity index (χ1n) is 7.70. The molecule has 0 spiro atoms. The summed E-state index contributed by atoms with van der Waals surface area (Å²) in [7, 11) is 0. The second kappa shape index (κ2) is 7.09. The molecule has 1 fully saturated rings. The third kappa shape index (κ3) is 3.17. The molecule has 1 aliphatic rings. The first kappa shape index (κ1) is 17.6. The summed E-state index contributed by atoms with van der Waals surface area (Å²) in [5.41, 5.74) is 0.255. The van der Waals surface area contributed by atoms with Gasteiger partial charge >= 0.3 is 11.4 Å². The van der Waals surface area contributed by atoms with Crippen molar-refractivity contribution in [1.82, 2.24) is 14.8 Å². The Hall–Kier alpha value is -1.77. The standard InChI is InChI=1S/C17H13Cl2N3O3S/c18-13-6-7-14(15(19)8-13)17(9-22-11-20-10-21-22)16(24-26(23)25-17)12-4-2-1-3-5-12/h1-8,10-11,16H,9H2/t16-,17-,26?/m1/s1. The molecule has 134 valence electrons. The predicted octanol–water partition coefficient (Wildman–Crippen LogP) is 3.85. The minimum Gasteiger partial charge on any atom is -0.257 e. The molecule has 0 amide bonds. The highest BCUT2D eigenvalue weighted by Crippen LogP contribution is 2.50. The molecule has 1 unspecified atom stereocenters. The van der Waals surface area contributed by atoms with Gasteiger partial charge in [0.2, 0.25) is 0 Å². The topological polar surface area (TPSA) is 66.2 Å². The minimum atomic E-state index is -1.95. The van der Waals surface area contributed by atoms with E-state index in [0.717, 1.165) is 5.56 Å². The smallest absolute Gasteiger partial charge is 0.257 e. The third-order valence-electron chi connectivity index (χ3n) is 4.17. The lowest BCUT2D eigenvalue weighted by Gasteiger charge is -2.32. The van der Waals surface area contributed by atoms with Crippen molar-refractivity contribution in [2.75, 3.05) is 0 Å². The van der Waals surface area contributed by atoms with Crippen molar-refractivity contribution in [1.29, 1.82) is 0 Å². The lowest BCUT2D eigenvalue weighted by molar-refractivity contribution is 0.0124. The van der Waals surface area contributed by atoms with Gasteiger partial charge in [0, 0.05) is 15.6 Å². The highest BCUT2D eigenvalue weighted by Gasteiger charge is 2.53. The van der Waals surface area contributed by atoms with Crippen LogP contribution in [0.4, 0.5) is 0 Å². The van der Waals surface area contributed by atoms with E-state index in [9.17, 15) is 4.21 Å². The number of benzene rings is 2. The second-order valence-electron chi connectivity index (χ2n) is 5.78. The van der Waals surface area contributed by atoms with Crippen molar-refractivity contribution in [2.45, 2.75) is 18.2 Å². The summed E-state index contributed by atoms with van der Waals surface area (Å²) in [5, 5.41) is 5.03. The van der Waals surface area contributed by atoms with Gasteiger partial charge in [0.05, 0.1) is 6.54 Å². The number of hydrogen-bond acceptors (Lipinski definition) is 5. The predicted molar refractivity (Wildman–Crippen MR) is 97.7 cm³/mol. The molecule has 3 aromatic rings. The Balaban J connectivity index is 1.90. The minimum absolute atomic E-state index is 0.208. The molecule has 26 heavy (non-hydrogen) atoms. The zero-order valence-electron chi connectivity index (χ0n) is 13.3. The van der Waals surface area contributed by atoms with E-state index in [0.29, 0.717) is 15.6 Å². The first-order valence-corrected chi connectivity index (χ1v) is 9.45. The van der Waals surface area contributed by atoms with Crippen LogP contribution < -0.4 is 0 Å². The van der Waals surface area contributed by atoms with Gasteiger partial charge in [-0.2, -0.15) is 9.31 Å². The largest absolute Gasteiger partial charge is 0.306 e. The molecule has 0 bridgehead atoms. The molecule has 1 saturated heterocycles. The molecule has 0 aliphatic carbocycles. The van der Waals surface area contributed by atoms with Crippen LogP contribution in [-0.4, -0.2) is 19.0 Å². The van der Waals surface area contributed by atoms with E-state index >= 15 is 0 Å². The maximum atomic E-state index is 12.3. The molecular formula is C17H13Cl2N3O3S. The van der Waals surface area contributed by atoms with Crippen LogP contribution in [0, 0.1) is 0 Å². The molecular weight excluding hydrogens is 397 g/mol. The van der Waals surface area contributed by atoms with Gasteiger partial charge in [-0.3, -0.25) is 8.37 Å². The zero-order valence-corrected chi connectivity index (χ0v) is 15.6. The fourth-order valence-electron chi connectivity index (χ4n) is 3.06. The Labute approximate surface area is 162 Å². The van der Waals surface area contributed by atoms with Crippen LogP contribution >= 0.6 is 23.2 Å². The summed E-state index contributed by atoms with van der Waals surface area (Å²) in [5.74, 6) is 0. The number of aromatic nitrogens is 3. The van der Waals surface area contributed by atoms with E-state index in [1.807, 2.05) is 30.3 Å². The van der Waals surface area contributed by atoms with Gasteiger partial charge in [-0.25, -0.2) is 9.67 Å². The Morgan fingerprint density at radius 2 is 2.00 bits per heavy atom. The van der Waals surface area contributed by atoms with Gasteiger partial charge in [0.15, 0.2) is 5.60 Å². The molecule has 0 N–H and O–H groups in total. The van der Waals surface area contributed by atoms with Crippen molar-refractivity contribution in [3.05, 3.63) is 82.4 Å². The number of hydrogen-bond donors (Lipinski definition) is 0. The van der Waals surface area contributed by atoms with E-state index in [1.54, 1.807) is 29.2 Å². The number of nitrogens with zero attached hydrogens (tertiary/aromatic N) is 3. The number of halogens is 2. The van der Waals surface area contributed by atoms with Gasteiger partial charge in [-0.05, 0) is 17.7 Å². The van der Waals surface area contributed by atoms with Crippen molar-refractivity contribution in [3.8, 4) is 0 Å². The Morgan fingerprint density at radius 1 is 1.19 bits per heavy atom. The van der Waals surface area contributed by atoms with Crippen molar-refractivity contribution in [2.24, 2.45) is 0 Å². The SMILES string of the molecule is O=S1O[C@H](c2ccccc2)[C@@](Cn2cncn2)(c2ccc(Cl)cc2Cl)O1. The fourth-order valence-corrected chi connectivity index (χ4v) is 4.57. The molecule has 2 heterocycles. The molecule has 1 aromatic heterocycles. The van der Waals surface area contributed by atoms with Gasteiger partial charge in [0.1, 0.15) is 18.8 Å². The molecule has 0 radical (unpaired) electrons. The van der Waals surface area contributed by atoms with Gasteiger partial charge < -0.3 is 0 Å². The monoisotopic (exact) mass is 409 g/mol. The zero-order chi connectivity index (χ0) is 18.1. The Bertz CT molecular complexity index is 940. The molecule has 3 atom stereocenters. The quantitative estimate of drug-likeness (QED) is 0.654. The first-order chi connectivity index (χ1) is 12.6. The molecule has 9 heteroatoms. The van der Waals surface area contributed by atoms with E-state index in [1.165, 1.54) is 6.33 Å². The van der Waals surface area contributed by atoms with Crippen LogP contribution in [0.5, 0.6) is 0 Å². The third-order valence-corrected chi connectivity index (χ3v) is 5.50. The van der Waals surface area contributed by atoms with E-state index < -0.39 is 23.1 Å². The highest BCUT2D eigenvalue weighted by molar-refractivity contribution is 7.75. The summed E-state index contributed by atoms with van der Waals surface area (Å²) in [6, 6.07) is 14.5.